The van der Waals surface area contributed by atoms with Crippen LogP contribution in [-0.4, -0.2) is 32.0 Å². The Labute approximate surface area is 94.3 Å². The van der Waals surface area contributed by atoms with Crippen molar-refractivity contribution in [1.29, 1.82) is 0 Å². The lowest BCUT2D eigenvalue weighted by Gasteiger charge is -2.29. The van der Waals surface area contributed by atoms with Gasteiger partial charge in [-0.2, -0.15) is 0 Å². The zero-order chi connectivity index (χ0) is 11.5. The quantitative estimate of drug-likeness (QED) is 0.768. The molecule has 3 nitrogen and oxygen atoms in total. The highest BCUT2D eigenvalue weighted by molar-refractivity contribution is 5.94. The van der Waals surface area contributed by atoms with Crippen molar-refractivity contribution >= 4 is 11.5 Å². The molecule has 2 rings (SSSR count). The van der Waals surface area contributed by atoms with Gasteiger partial charge in [0.25, 0.3) is 0 Å². The number of ketones is 1. The van der Waals surface area contributed by atoms with Crippen LogP contribution in [0.4, 0.5) is 10.1 Å². The van der Waals surface area contributed by atoms with Crippen molar-refractivity contribution in [2.45, 2.75) is 6.92 Å². The largest absolute Gasteiger partial charge is 0.367 e. The number of Topliss-reactive ketones (excluding diaryl/α,β-unsaturated/α-hetero) is 1. The molecule has 1 heterocycles. The molecule has 0 amide bonds. The summed E-state index contributed by atoms with van der Waals surface area (Å²) in [7, 11) is 0. The summed E-state index contributed by atoms with van der Waals surface area (Å²) < 4.78 is 13.8. The van der Waals surface area contributed by atoms with E-state index in [0.717, 1.165) is 26.2 Å². The molecule has 1 aromatic rings. The molecule has 1 N–H and O–H groups in total. The van der Waals surface area contributed by atoms with Gasteiger partial charge in [0.2, 0.25) is 0 Å². The Morgan fingerprint density at radius 1 is 1.38 bits per heavy atom. The molecule has 0 spiro atoms. The van der Waals surface area contributed by atoms with Crippen LogP contribution in [-0.2, 0) is 0 Å². The van der Waals surface area contributed by atoms with Crippen LogP contribution in [0.3, 0.4) is 0 Å². The molecule has 0 aliphatic carbocycles. The SMILES string of the molecule is CC(=O)c1ccc(N2CCNCC2)c(F)c1. The van der Waals surface area contributed by atoms with E-state index >= 15 is 0 Å². The molecule has 0 radical (unpaired) electrons. The highest BCUT2D eigenvalue weighted by atomic mass is 19.1. The predicted molar refractivity (Wildman–Crippen MR) is 61.5 cm³/mol. The number of hydrogen-bond acceptors (Lipinski definition) is 3. The number of anilines is 1. The molecular weight excluding hydrogens is 207 g/mol. The van der Waals surface area contributed by atoms with Gasteiger partial charge in [-0.1, -0.05) is 0 Å². The molecule has 1 aromatic carbocycles. The Kier molecular flexibility index (Phi) is 3.19. The fourth-order valence-electron chi connectivity index (χ4n) is 1.89. The number of nitrogens with one attached hydrogen (secondary N) is 1. The van der Waals surface area contributed by atoms with Crippen LogP contribution in [0.1, 0.15) is 17.3 Å². The van der Waals surface area contributed by atoms with Crippen molar-refractivity contribution in [3.63, 3.8) is 0 Å². The summed E-state index contributed by atoms with van der Waals surface area (Å²) in [6.07, 6.45) is 0. The van der Waals surface area contributed by atoms with E-state index in [0.29, 0.717) is 11.3 Å². The van der Waals surface area contributed by atoms with Gasteiger partial charge >= 0.3 is 0 Å². The van der Waals surface area contributed by atoms with Crippen molar-refractivity contribution in [2.24, 2.45) is 0 Å². The Hall–Kier alpha value is -1.42. The highest BCUT2D eigenvalue weighted by Crippen LogP contribution is 2.21. The molecule has 4 heteroatoms. The average Bonchev–Trinajstić information content (AvgIpc) is 2.30. The summed E-state index contributed by atoms with van der Waals surface area (Å²) in [5.74, 6) is -0.416. The summed E-state index contributed by atoms with van der Waals surface area (Å²) in [6.45, 7) is 4.79. The summed E-state index contributed by atoms with van der Waals surface area (Å²) in [5.41, 5.74) is 1.02. The van der Waals surface area contributed by atoms with E-state index in [4.69, 9.17) is 0 Å². The van der Waals surface area contributed by atoms with Gasteiger partial charge < -0.3 is 10.2 Å². The average molecular weight is 222 g/mol. The second kappa shape index (κ2) is 4.61. The minimum Gasteiger partial charge on any atom is -0.367 e. The number of rotatable bonds is 2. The molecule has 0 unspecified atom stereocenters. The first-order valence-electron chi connectivity index (χ1n) is 5.44. The Morgan fingerprint density at radius 2 is 2.06 bits per heavy atom. The van der Waals surface area contributed by atoms with E-state index in [2.05, 4.69) is 5.32 Å². The lowest BCUT2D eigenvalue weighted by atomic mass is 10.1. The lowest BCUT2D eigenvalue weighted by Crippen LogP contribution is -2.43. The lowest BCUT2D eigenvalue weighted by molar-refractivity contribution is 0.101. The van der Waals surface area contributed by atoms with Crippen molar-refractivity contribution in [2.75, 3.05) is 31.1 Å². The molecular formula is C12H15FN2O. The van der Waals surface area contributed by atoms with Crippen LogP contribution >= 0.6 is 0 Å². The Balaban J connectivity index is 2.24. The molecule has 0 atom stereocenters. The van der Waals surface area contributed by atoms with Gasteiger partial charge in [-0.05, 0) is 25.1 Å². The molecule has 1 saturated heterocycles. The molecule has 1 aliphatic heterocycles. The first-order valence-corrected chi connectivity index (χ1v) is 5.44. The van der Waals surface area contributed by atoms with E-state index in [1.54, 1.807) is 12.1 Å². The van der Waals surface area contributed by atoms with Gasteiger partial charge in [-0.25, -0.2) is 4.39 Å². The fourth-order valence-corrected chi connectivity index (χ4v) is 1.89. The standard InChI is InChI=1S/C12H15FN2O/c1-9(16)10-2-3-12(11(13)8-10)15-6-4-14-5-7-15/h2-3,8,14H,4-7H2,1H3. The van der Waals surface area contributed by atoms with Crippen molar-refractivity contribution in [3.05, 3.63) is 29.6 Å². The first-order chi connectivity index (χ1) is 7.68. The van der Waals surface area contributed by atoms with Crippen LogP contribution in [0.2, 0.25) is 0 Å². The zero-order valence-electron chi connectivity index (χ0n) is 9.29. The molecule has 1 fully saturated rings. The van der Waals surface area contributed by atoms with Gasteiger partial charge in [0.15, 0.2) is 5.78 Å². The molecule has 0 bridgehead atoms. The van der Waals surface area contributed by atoms with Gasteiger partial charge in [-0.15, -0.1) is 0 Å². The third-order valence-electron chi connectivity index (χ3n) is 2.81. The van der Waals surface area contributed by atoms with E-state index in [1.165, 1.54) is 13.0 Å². The van der Waals surface area contributed by atoms with Gasteiger partial charge in [0.1, 0.15) is 5.82 Å². The van der Waals surface area contributed by atoms with E-state index in [9.17, 15) is 9.18 Å². The molecule has 16 heavy (non-hydrogen) atoms. The van der Waals surface area contributed by atoms with Gasteiger partial charge in [0.05, 0.1) is 5.69 Å². The smallest absolute Gasteiger partial charge is 0.159 e. The molecule has 1 aliphatic rings. The maximum absolute atomic E-state index is 13.8. The number of hydrogen-bond donors (Lipinski definition) is 1. The predicted octanol–water partition coefficient (Wildman–Crippen LogP) is 1.44. The second-order valence-electron chi connectivity index (χ2n) is 3.96. The Morgan fingerprint density at radius 3 is 2.62 bits per heavy atom. The van der Waals surface area contributed by atoms with Gasteiger partial charge in [0, 0.05) is 31.7 Å². The third-order valence-corrected chi connectivity index (χ3v) is 2.81. The van der Waals surface area contributed by atoms with Crippen molar-refractivity contribution in [3.8, 4) is 0 Å². The summed E-state index contributed by atoms with van der Waals surface area (Å²) in [5, 5.41) is 3.22. The van der Waals surface area contributed by atoms with Crippen LogP contribution in [0.25, 0.3) is 0 Å². The highest BCUT2D eigenvalue weighted by Gasteiger charge is 2.15. The van der Waals surface area contributed by atoms with E-state index < -0.39 is 0 Å². The maximum atomic E-state index is 13.8. The normalized spacial score (nSPS) is 16.2. The number of piperazine rings is 1. The number of benzene rings is 1. The van der Waals surface area contributed by atoms with Crippen LogP contribution in [0.5, 0.6) is 0 Å². The van der Waals surface area contributed by atoms with E-state index in [1.807, 2.05) is 4.90 Å². The minimum atomic E-state index is -0.311. The topological polar surface area (TPSA) is 32.3 Å². The minimum absolute atomic E-state index is 0.106. The maximum Gasteiger partial charge on any atom is 0.159 e. The molecule has 0 saturated carbocycles. The summed E-state index contributed by atoms with van der Waals surface area (Å²) >= 11 is 0. The molecule has 0 aromatic heterocycles. The number of carbonyl (C=O) groups excluding carboxylic acids is 1. The third kappa shape index (κ3) is 2.22. The van der Waals surface area contributed by atoms with E-state index in [-0.39, 0.29) is 11.6 Å². The van der Waals surface area contributed by atoms with Crippen molar-refractivity contribution in [1.82, 2.24) is 5.32 Å². The first kappa shape index (κ1) is 11.1. The Bertz CT molecular complexity index is 400. The number of halogens is 1. The summed E-state index contributed by atoms with van der Waals surface area (Å²) in [6, 6.07) is 4.69. The molecule has 86 valence electrons. The zero-order valence-corrected chi connectivity index (χ0v) is 9.29. The fraction of sp³-hybridized carbons (Fsp3) is 0.417. The monoisotopic (exact) mass is 222 g/mol. The second-order valence-corrected chi connectivity index (χ2v) is 3.96. The van der Waals surface area contributed by atoms with Crippen LogP contribution < -0.4 is 10.2 Å². The van der Waals surface area contributed by atoms with Crippen LogP contribution in [0, 0.1) is 5.82 Å². The van der Waals surface area contributed by atoms with Crippen molar-refractivity contribution < 1.29 is 9.18 Å². The number of carbonyl (C=O) groups is 1. The van der Waals surface area contributed by atoms with Crippen LogP contribution in [0.15, 0.2) is 18.2 Å². The summed E-state index contributed by atoms with van der Waals surface area (Å²) in [4.78, 5) is 13.1. The number of nitrogens with zero attached hydrogens (tertiary/aromatic N) is 1. The van der Waals surface area contributed by atoms with Gasteiger partial charge in [-0.3, -0.25) is 4.79 Å².